The van der Waals surface area contributed by atoms with E-state index in [1.807, 2.05) is 39.4 Å². The molecule has 2 amide bonds. The number of ether oxygens (including phenoxy) is 1. The van der Waals surface area contributed by atoms with Crippen molar-refractivity contribution < 1.29 is 14.3 Å². The van der Waals surface area contributed by atoms with Gasteiger partial charge in [0.05, 0.1) is 17.7 Å². The summed E-state index contributed by atoms with van der Waals surface area (Å²) in [5.41, 5.74) is 3.35. The molecule has 166 valence electrons. The first-order chi connectivity index (χ1) is 15.2. The fourth-order valence-electron chi connectivity index (χ4n) is 4.06. The van der Waals surface area contributed by atoms with Gasteiger partial charge in [-0.3, -0.25) is 14.5 Å². The predicted octanol–water partition coefficient (Wildman–Crippen LogP) is 2.88. The van der Waals surface area contributed by atoms with Crippen LogP contribution in [0.1, 0.15) is 41.7 Å². The second-order valence-electron chi connectivity index (χ2n) is 8.16. The number of likely N-dealkylation sites (tertiary alicyclic amines) is 1. The number of thiazole rings is 1. The van der Waals surface area contributed by atoms with Crippen molar-refractivity contribution in [2.24, 2.45) is 0 Å². The van der Waals surface area contributed by atoms with Crippen molar-refractivity contribution in [3.8, 4) is 5.75 Å². The number of hydrogen-bond acceptors (Lipinski definition) is 6. The maximum atomic E-state index is 12.9. The van der Waals surface area contributed by atoms with E-state index in [-0.39, 0.29) is 11.8 Å². The van der Waals surface area contributed by atoms with Crippen LogP contribution in [0.4, 0.5) is 0 Å². The Morgan fingerprint density at radius 1 is 0.903 bits per heavy atom. The Morgan fingerprint density at radius 3 is 2.26 bits per heavy atom. The standard InChI is InChI=1S/C23H30N4O3S/c28-22(26-9-3-1-2-4-10-26)15-25-11-13-27(14-12-25)23(29)19-5-7-21(8-6-19)30-16-20-17-31-18-24-20/h5-8,17-18H,1-4,9-16H2. The van der Waals surface area contributed by atoms with Gasteiger partial charge in [-0.05, 0) is 37.1 Å². The normalized spacial score (nSPS) is 17.9. The van der Waals surface area contributed by atoms with E-state index >= 15 is 0 Å². The maximum Gasteiger partial charge on any atom is 0.253 e. The Kier molecular flexibility index (Phi) is 7.53. The zero-order valence-corrected chi connectivity index (χ0v) is 18.7. The van der Waals surface area contributed by atoms with E-state index in [0.717, 1.165) is 50.5 Å². The quantitative estimate of drug-likeness (QED) is 0.688. The smallest absolute Gasteiger partial charge is 0.253 e. The van der Waals surface area contributed by atoms with Gasteiger partial charge in [-0.15, -0.1) is 11.3 Å². The Hall–Kier alpha value is -2.45. The maximum absolute atomic E-state index is 12.9. The Labute approximate surface area is 187 Å². The van der Waals surface area contributed by atoms with Crippen molar-refractivity contribution in [1.29, 1.82) is 0 Å². The topological polar surface area (TPSA) is 66.0 Å². The summed E-state index contributed by atoms with van der Waals surface area (Å²) >= 11 is 1.54. The molecular formula is C23H30N4O3S. The van der Waals surface area contributed by atoms with Gasteiger partial charge in [-0.1, -0.05) is 12.8 Å². The molecule has 1 aromatic carbocycles. The lowest BCUT2D eigenvalue weighted by Gasteiger charge is -2.35. The lowest BCUT2D eigenvalue weighted by molar-refractivity contribution is -0.132. The second-order valence-corrected chi connectivity index (χ2v) is 8.87. The van der Waals surface area contributed by atoms with Gasteiger partial charge in [-0.2, -0.15) is 0 Å². The highest BCUT2D eigenvalue weighted by atomic mass is 32.1. The molecule has 2 saturated heterocycles. The number of aromatic nitrogens is 1. The molecule has 7 nitrogen and oxygen atoms in total. The molecule has 1 aromatic heterocycles. The Morgan fingerprint density at radius 2 is 1.61 bits per heavy atom. The minimum absolute atomic E-state index is 0.0320. The monoisotopic (exact) mass is 442 g/mol. The number of benzene rings is 1. The van der Waals surface area contributed by atoms with E-state index in [1.165, 1.54) is 12.8 Å². The van der Waals surface area contributed by atoms with Crippen LogP contribution in [0.2, 0.25) is 0 Å². The van der Waals surface area contributed by atoms with Crippen LogP contribution in [0.25, 0.3) is 0 Å². The van der Waals surface area contributed by atoms with E-state index in [1.54, 1.807) is 16.8 Å². The average Bonchev–Trinajstić information content (AvgIpc) is 3.18. The van der Waals surface area contributed by atoms with Crippen molar-refractivity contribution in [2.45, 2.75) is 32.3 Å². The molecule has 0 N–H and O–H groups in total. The van der Waals surface area contributed by atoms with Gasteiger partial charge in [0, 0.05) is 50.2 Å². The summed E-state index contributed by atoms with van der Waals surface area (Å²) in [5, 5.41) is 1.96. The zero-order valence-electron chi connectivity index (χ0n) is 17.9. The van der Waals surface area contributed by atoms with Crippen LogP contribution < -0.4 is 4.74 Å². The number of nitrogens with zero attached hydrogens (tertiary/aromatic N) is 4. The molecule has 2 aromatic rings. The van der Waals surface area contributed by atoms with Crippen LogP contribution in [0, 0.1) is 0 Å². The lowest BCUT2D eigenvalue weighted by Crippen LogP contribution is -2.51. The molecule has 0 spiro atoms. The summed E-state index contributed by atoms with van der Waals surface area (Å²) in [7, 11) is 0. The minimum Gasteiger partial charge on any atom is -0.487 e. The largest absolute Gasteiger partial charge is 0.487 e. The second kappa shape index (κ2) is 10.7. The van der Waals surface area contributed by atoms with Gasteiger partial charge in [0.15, 0.2) is 0 Å². The fourth-order valence-corrected chi connectivity index (χ4v) is 4.61. The molecule has 0 bridgehead atoms. The van der Waals surface area contributed by atoms with Crippen molar-refractivity contribution in [1.82, 2.24) is 19.7 Å². The van der Waals surface area contributed by atoms with Gasteiger partial charge < -0.3 is 14.5 Å². The fraction of sp³-hybridized carbons (Fsp3) is 0.522. The molecule has 2 aliphatic rings. The molecule has 3 heterocycles. The summed E-state index contributed by atoms with van der Waals surface area (Å²) in [4.78, 5) is 35.7. The van der Waals surface area contributed by atoms with Gasteiger partial charge in [0.2, 0.25) is 5.91 Å². The Bertz CT molecular complexity index is 840. The first kappa shape index (κ1) is 21.8. The highest BCUT2D eigenvalue weighted by molar-refractivity contribution is 7.07. The Balaban J connectivity index is 1.22. The molecule has 0 aliphatic carbocycles. The van der Waals surface area contributed by atoms with Crippen LogP contribution in [0.15, 0.2) is 35.2 Å². The predicted molar refractivity (Wildman–Crippen MR) is 120 cm³/mol. The van der Waals surface area contributed by atoms with E-state index in [9.17, 15) is 9.59 Å². The molecule has 2 aliphatic heterocycles. The first-order valence-electron chi connectivity index (χ1n) is 11.1. The van der Waals surface area contributed by atoms with Crippen molar-refractivity contribution >= 4 is 23.2 Å². The number of rotatable bonds is 6. The van der Waals surface area contributed by atoms with E-state index < -0.39 is 0 Å². The molecule has 2 fully saturated rings. The van der Waals surface area contributed by atoms with E-state index in [4.69, 9.17) is 4.74 Å². The van der Waals surface area contributed by atoms with Crippen LogP contribution in [-0.4, -0.2) is 77.3 Å². The van der Waals surface area contributed by atoms with Gasteiger partial charge in [-0.25, -0.2) is 4.98 Å². The van der Waals surface area contributed by atoms with Crippen LogP contribution in [0.5, 0.6) is 5.75 Å². The zero-order chi connectivity index (χ0) is 21.5. The average molecular weight is 443 g/mol. The number of hydrogen-bond donors (Lipinski definition) is 0. The molecule has 0 atom stereocenters. The molecule has 4 rings (SSSR count). The third-order valence-corrected chi connectivity index (χ3v) is 6.58. The summed E-state index contributed by atoms with van der Waals surface area (Å²) in [5.74, 6) is 0.987. The SMILES string of the molecule is O=C(CN1CCN(C(=O)c2ccc(OCc3cscn3)cc2)CC1)N1CCCCCC1. The highest BCUT2D eigenvalue weighted by Gasteiger charge is 2.25. The minimum atomic E-state index is 0.0320. The molecule has 0 saturated carbocycles. The van der Waals surface area contributed by atoms with Crippen molar-refractivity contribution in [2.75, 3.05) is 45.8 Å². The van der Waals surface area contributed by atoms with E-state index in [0.29, 0.717) is 31.8 Å². The van der Waals surface area contributed by atoms with Crippen LogP contribution >= 0.6 is 11.3 Å². The third-order valence-electron chi connectivity index (χ3n) is 5.95. The summed E-state index contributed by atoms with van der Waals surface area (Å²) in [6.07, 6.45) is 4.68. The van der Waals surface area contributed by atoms with Crippen molar-refractivity contribution in [3.63, 3.8) is 0 Å². The molecule has 31 heavy (non-hydrogen) atoms. The number of carbonyl (C=O) groups is 2. The highest BCUT2D eigenvalue weighted by Crippen LogP contribution is 2.17. The summed E-state index contributed by atoms with van der Waals surface area (Å²) in [6.45, 7) is 5.44. The number of carbonyl (C=O) groups excluding carboxylic acids is 2. The van der Waals surface area contributed by atoms with Gasteiger partial charge in [0.1, 0.15) is 12.4 Å². The third kappa shape index (κ3) is 6.04. The molecule has 0 radical (unpaired) electrons. The lowest BCUT2D eigenvalue weighted by atomic mass is 10.1. The number of piperazine rings is 1. The van der Waals surface area contributed by atoms with Crippen LogP contribution in [0.3, 0.4) is 0 Å². The van der Waals surface area contributed by atoms with Crippen LogP contribution in [-0.2, 0) is 11.4 Å². The summed E-state index contributed by atoms with van der Waals surface area (Å²) < 4.78 is 5.72. The van der Waals surface area contributed by atoms with Gasteiger partial charge in [0.25, 0.3) is 5.91 Å². The molecule has 0 unspecified atom stereocenters. The summed E-state index contributed by atoms with van der Waals surface area (Å²) in [6, 6.07) is 7.29. The van der Waals surface area contributed by atoms with Crippen molar-refractivity contribution in [3.05, 3.63) is 46.4 Å². The molecular weight excluding hydrogens is 412 g/mol. The first-order valence-corrected chi connectivity index (χ1v) is 12.0. The van der Waals surface area contributed by atoms with E-state index in [2.05, 4.69) is 9.88 Å². The van der Waals surface area contributed by atoms with Gasteiger partial charge >= 0.3 is 0 Å². The molecule has 8 heteroatoms. The number of amides is 2.